The van der Waals surface area contributed by atoms with Gasteiger partial charge >= 0.3 is 6.09 Å². The zero-order valence-electron chi connectivity index (χ0n) is 18.6. The number of benzene rings is 1. The van der Waals surface area contributed by atoms with Crippen molar-refractivity contribution >= 4 is 23.2 Å². The number of anilines is 3. The van der Waals surface area contributed by atoms with Crippen LogP contribution < -0.4 is 16.0 Å². The number of nitrogens with two attached hydrogens (primary N) is 1. The maximum atomic E-state index is 12.1. The highest BCUT2D eigenvalue weighted by atomic mass is 16.6. The molecule has 8 nitrogen and oxygen atoms in total. The number of nitrogens with one attached hydrogen (secondary N) is 1. The Hall–Kier alpha value is -2.03. The topological polar surface area (TPSA) is 94.3 Å². The van der Waals surface area contributed by atoms with Crippen LogP contribution in [0, 0.1) is 0 Å². The first-order valence-corrected chi connectivity index (χ1v) is 11.0. The lowest BCUT2D eigenvalue weighted by molar-refractivity contribution is 0.0636. The van der Waals surface area contributed by atoms with E-state index in [1.165, 1.54) is 0 Å². The maximum absolute atomic E-state index is 12.1. The van der Waals surface area contributed by atoms with E-state index in [0.29, 0.717) is 17.4 Å². The summed E-state index contributed by atoms with van der Waals surface area (Å²) in [6.45, 7) is 12.7. The Kier molecular flexibility index (Phi) is 7.44. The second-order valence-corrected chi connectivity index (χ2v) is 9.22. The molecule has 0 aromatic heterocycles. The molecule has 1 amide bonds. The number of carbonyl (C=O) groups excluding carboxylic acids is 1. The number of aliphatic hydroxyl groups is 1. The van der Waals surface area contributed by atoms with Gasteiger partial charge in [-0.15, -0.1) is 0 Å². The molecule has 2 aliphatic rings. The van der Waals surface area contributed by atoms with Gasteiger partial charge in [0.1, 0.15) is 5.60 Å². The summed E-state index contributed by atoms with van der Waals surface area (Å²) >= 11 is 0. The van der Waals surface area contributed by atoms with Gasteiger partial charge in [-0.05, 0) is 51.8 Å². The van der Waals surface area contributed by atoms with E-state index in [9.17, 15) is 4.79 Å². The van der Waals surface area contributed by atoms with E-state index in [4.69, 9.17) is 15.6 Å². The molecular formula is C22H37N5O3. The summed E-state index contributed by atoms with van der Waals surface area (Å²) in [4.78, 5) is 19.4. The molecule has 3 rings (SSSR count). The summed E-state index contributed by atoms with van der Waals surface area (Å²) in [6, 6.07) is 6.41. The van der Waals surface area contributed by atoms with Crippen molar-refractivity contribution in [2.45, 2.75) is 45.3 Å². The van der Waals surface area contributed by atoms with Gasteiger partial charge in [0.05, 0.1) is 18.0 Å². The second-order valence-electron chi connectivity index (χ2n) is 9.22. The summed E-state index contributed by atoms with van der Waals surface area (Å²) in [7, 11) is 0. The first-order valence-electron chi connectivity index (χ1n) is 11.0. The summed E-state index contributed by atoms with van der Waals surface area (Å²) in [5.41, 5.74) is 7.70. The predicted octanol–water partition coefficient (Wildman–Crippen LogP) is 2.19. The highest BCUT2D eigenvalue weighted by molar-refractivity contribution is 5.90. The molecule has 8 heteroatoms. The van der Waals surface area contributed by atoms with Gasteiger partial charge in [0, 0.05) is 57.5 Å². The number of carbonyl (C=O) groups is 1. The molecule has 0 atom stereocenters. The van der Waals surface area contributed by atoms with Crippen molar-refractivity contribution in [2.24, 2.45) is 0 Å². The zero-order chi connectivity index (χ0) is 21.7. The summed E-state index contributed by atoms with van der Waals surface area (Å²) in [6.07, 6.45) is 1.75. The van der Waals surface area contributed by atoms with Crippen LogP contribution in [0.5, 0.6) is 0 Å². The van der Waals surface area contributed by atoms with E-state index < -0.39 is 11.7 Å². The molecule has 30 heavy (non-hydrogen) atoms. The molecule has 0 spiro atoms. The normalized spacial score (nSPS) is 19.7. The van der Waals surface area contributed by atoms with Crippen LogP contribution in [-0.2, 0) is 4.74 Å². The number of rotatable bonds is 5. The number of hydrogen-bond donors (Lipinski definition) is 3. The third kappa shape index (κ3) is 6.23. The number of hydrogen-bond acceptors (Lipinski definition) is 7. The van der Waals surface area contributed by atoms with E-state index in [-0.39, 0.29) is 6.61 Å². The number of β-amino-alcohol motifs (C(OH)–C–C–N with tert-alkyl or cyclic N) is 1. The number of ether oxygens (including phenoxy) is 1. The minimum atomic E-state index is -0.554. The third-order valence-electron chi connectivity index (χ3n) is 5.84. The van der Waals surface area contributed by atoms with Gasteiger partial charge in [-0.2, -0.15) is 0 Å². The van der Waals surface area contributed by atoms with Crippen molar-refractivity contribution in [1.29, 1.82) is 0 Å². The third-order valence-corrected chi connectivity index (χ3v) is 5.84. The van der Waals surface area contributed by atoms with Crippen LogP contribution in [0.25, 0.3) is 0 Å². The first-order chi connectivity index (χ1) is 14.2. The highest BCUT2D eigenvalue weighted by Gasteiger charge is 2.27. The van der Waals surface area contributed by atoms with Crippen LogP contribution in [0.15, 0.2) is 18.2 Å². The molecule has 1 aromatic rings. The molecule has 0 saturated carbocycles. The average Bonchev–Trinajstić information content (AvgIpc) is 2.69. The molecule has 0 aliphatic carbocycles. The maximum Gasteiger partial charge on any atom is 0.412 e. The summed E-state index contributed by atoms with van der Waals surface area (Å²) < 4.78 is 5.34. The van der Waals surface area contributed by atoms with Crippen LogP contribution in [0.2, 0.25) is 0 Å². The number of nitrogens with zero attached hydrogens (tertiary/aromatic N) is 3. The Morgan fingerprint density at radius 3 is 2.43 bits per heavy atom. The molecule has 0 unspecified atom stereocenters. The molecule has 0 radical (unpaired) electrons. The van der Waals surface area contributed by atoms with Crippen LogP contribution in [-0.4, -0.2) is 85.1 Å². The van der Waals surface area contributed by atoms with Gasteiger partial charge in [0.25, 0.3) is 0 Å². The Bertz CT molecular complexity index is 705. The number of aliphatic hydroxyl groups excluding tert-OH is 1. The lowest BCUT2D eigenvalue weighted by atomic mass is 10.0. The van der Waals surface area contributed by atoms with Crippen LogP contribution in [0.3, 0.4) is 0 Å². The molecular weight excluding hydrogens is 382 g/mol. The average molecular weight is 420 g/mol. The molecule has 4 N–H and O–H groups in total. The minimum Gasteiger partial charge on any atom is -0.444 e. The summed E-state index contributed by atoms with van der Waals surface area (Å²) in [5.74, 6) is 0. The molecule has 1 aromatic carbocycles. The number of piperidine rings is 1. The number of amides is 1. The highest BCUT2D eigenvalue weighted by Crippen LogP contribution is 2.29. The van der Waals surface area contributed by atoms with Crippen molar-refractivity contribution in [2.75, 3.05) is 68.4 Å². The molecule has 168 valence electrons. The van der Waals surface area contributed by atoms with Gasteiger partial charge < -0.3 is 20.5 Å². The van der Waals surface area contributed by atoms with E-state index in [1.807, 2.05) is 39.0 Å². The van der Waals surface area contributed by atoms with Crippen molar-refractivity contribution in [3.05, 3.63) is 18.2 Å². The Morgan fingerprint density at radius 1 is 1.17 bits per heavy atom. The predicted molar refractivity (Wildman–Crippen MR) is 121 cm³/mol. The lowest BCUT2D eigenvalue weighted by Gasteiger charge is -2.43. The largest absolute Gasteiger partial charge is 0.444 e. The van der Waals surface area contributed by atoms with Crippen molar-refractivity contribution in [3.8, 4) is 0 Å². The molecule has 2 saturated heterocycles. The number of piperazine rings is 1. The smallest absolute Gasteiger partial charge is 0.412 e. The van der Waals surface area contributed by atoms with Gasteiger partial charge in [0.2, 0.25) is 0 Å². The van der Waals surface area contributed by atoms with Gasteiger partial charge in [0.15, 0.2) is 0 Å². The van der Waals surface area contributed by atoms with Crippen molar-refractivity contribution < 1.29 is 14.6 Å². The monoisotopic (exact) mass is 419 g/mol. The van der Waals surface area contributed by atoms with Gasteiger partial charge in [-0.3, -0.25) is 15.1 Å². The fourth-order valence-corrected chi connectivity index (χ4v) is 4.25. The van der Waals surface area contributed by atoms with E-state index in [0.717, 1.165) is 64.3 Å². The van der Waals surface area contributed by atoms with Gasteiger partial charge in [-0.1, -0.05) is 0 Å². The van der Waals surface area contributed by atoms with Crippen molar-refractivity contribution in [1.82, 2.24) is 9.80 Å². The SMILES string of the molecule is CC(C)(C)OC(=O)Nc1cc(N2CCC(N3CCN(CCO)CC3)CC2)ccc1N. The quantitative estimate of drug-likeness (QED) is 0.630. The fourth-order valence-electron chi connectivity index (χ4n) is 4.25. The van der Waals surface area contributed by atoms with E-state index >= 15 is 0 Å². The second kappa shape index (κ2) is 9.85. The van der Waals surface area contributed by atoms with Crippen LogP contribution in [0.4, 0.5) is 21.9 Å². The Morgan fingerprint density at radius 2 is 1.83 bits per heavy atom. The first kappa shape index (κ1) is 22.7. The van der Waals surface area contributed by atoms with E-state index in [2.05, 4.69) is 20.0 Å². The lowest BCUT2D eigenvalue weighted by Crippen LogP contribution is -2.53. The Balaban J connectivity index is 1.54. The molecule has 2 aliphatic heterocycles. The summed E-state index contributed by atoms with van der Waals surface area (Å²) in [5, 5.41) is 11.9. The van der Waals surface area contributed by atoms with Gasteiger partial charge in [-0.25, -0.2) is 4.79 Å². The molecule has 0 bridgehead atoms. The minimum absolute atomic E-state index is 0.241. The van der Waals surface area contributed by atoms with Crippen molar-refractivity contribution in [3.63, 3.8) is 0 Å². The number of nitrogen functional groups attached to an aromatic ring is 1. The zero-order valence-corrected chi connectivity index (χ0v) is 18.6. The van der Waals surface area contributed by atoms with E-state index in [1.54, 1.807) is 0 Å². The standard InChI is InChI=1S/C22H37N5O3/c1-22(2,3)30-21(29)24-20-16-18(4-5-19(20)23)26-8-6-17(7-9-26)27-12-10-25(11-13-27)14-15-28/h4-5,16-17,28H,6-15,23H2,1-3H3,(H,24,29). The van der Waals surface area contributed by atoms with Crippen LogP contribution in [0.1, 0.15) is 33.6 Å². The van der Waals surface area contributed by atoms with Crippen LogP contribution >= 0.6 is 0 Å². The fraction of sp³-hybridized carbons (Fsp3) is 0.682. The Labute approximate surface area is 179 Å². The molecule has 2 fully saturated rings. The molecule has 2 heterocycles.